The Kier molecular flexibility index (Phi) is 4.46. The summed E-state index contributed by atoms with van der Waals surface area (Å²) < 4.78 is 7.05. The van der Waals surface area contributed by atoms with Crippen LogP contribution in [0.3, 0.4) is 0 Å². The summed E-state index contributed by atoms with van der Waals surface area (Å²) in [7, 11) is 0. The van der Waals surface area contributed by atoms with Crippen LogP contribution in [0.25, 0.3) is 5.69 Å². The summed E-state index contributed by atoms with van der Waals surface area (Å²) >= 11 is 0. The Morgan fingerprint density at radius 3 is 2.95 bits per heavy atom. The molecule has 1 atom stereocenters. The molecule has 1 N–H and O–H groups in total. The van der Waals surface area contributed by atoms with Crippen LogP contribution in [-0.2, 0) is 4.74 Å². The zero-order valence-corrected chi connectivity index (χ0v) is 11.5. The molecule has 0 saturated carbocycles. The molecule has 0 spiro atoms. The van der Waals surface area contributed by atoms with Crippen molar-refractivity contribution < 1.29 is 4.74 Å². The fourth-order valence-corrected chi connectivity index (χ4v) is 1.84. The molecule has 0 aliphatic carbocycles. The molecule has 1 heterocycles. The number of ether oxygens (including phenoxy) is 1. The Morgan fingerprint density at radius 2 is 2.26 bits per heavy atom. The molecule has 19 heavy (non-hydrogen) atoms. The molecule has 0 aliphatic heterocycles. The highest BCUT2D eigenvalue weighted by molar-refractivity contribution is 5.54. The molecule has 0 radical (unpaired) electrons. The monoisotopic (exact) mass is 261 g/mol. The SMILES string of the molecule is CCOCC(C)Nc1ccc(C)c(-n2cnnn2)c1. The van der Waals surface area contributed by atoms with E-state index in [-0.39, 0.29) is 6.04 Å². The number of hydrogen-bond donors (Lipinski definition) is 1. The Balaban J connectivity index is 2.13. The highest BCUT2D eigenvalue weighted by Crippen LogP contribution is 2.18. The van der Waals surface area contributed by atoms with E-state index in [1.807, 2.05) is 32.0 Å². The topological polar surface area (TPSA) is 64.9 Å². The van der Waals surface area contributed by atoms with Gasteiger partial charge in [-0.25, -0.2) is 4.68 Å². The van der Waals surface area contributed by atoms with Crippen LogP contribution in [0.5, 0.6) is 0 Å². The van der Waals surface area contributed by atoms with E-state index in [1.54, 1.807) is 11.0 Å². The van der Waals surface area contributed by atoms with Crippen LogP contribution in [0.2, 0.25) is 0 Å². The second-order valence-corrected chi connectivity index (χ2v) is 4.46. The molecule has 1 unspecified atom stereocenters. The van der Waals surface area contributed by atoms with Gasteiger partial charge in [-0.2, -0.15) is 0 Å². The molecule has 102 valence electrons. The van der Waals surface area contributed by atoms with Crippen LogP contribution in [0.15, 0.2) is 24.5 Å². The van der Waals surface area contributed by atoms with Gasteiger partial charge in [-0.15, -0.1) is 5.10 Å². The maximum atomic E-state index is 5.39. The van der Waals surface area contributed by atoms with Gasteiger partial charge >= 0.3 is 0 Å². The lowest BCUT2D eigenvalue weighted by Crippen LogP contribution is -2.21. The molecule has 2 aromatic rings. The van der Waals surface area contributed by atoms with Crippen LogP contribution < -0.4 is 5.32 Å². The van der Waals surface area contributed by atoms with Crippen molar-refractivity contribution in [1.82, 2.24) is 20.2 Å². The molecule has 0 bridgehead atoms. The van der Waals surface area contributed by atoms with Crippen molar-refractivity contribution in [2.45, 2.75) is 26.8 Å². The summed E-state index contributed by atoms with van der Waals surface area (Å²) in [6.45, 7) is 7.53. The first-order valence-electron chi connectivity index (χ1n) is 6.39. The van der Waals surface area contributed by atoms with E-state index in [2.05, 4.69) is 27.8 Å². The number of aromatic nitrogens is 4. The van der Waals surface area contributed by atoms with Gasteiger partial charge in [0.25, 0.3) is 0 Å². The Labute approximate surface area is 112 Å². The number of nitrogens with zero attached hydrogens (tertiary/aromatic N) is 4. The van der Waals surface area contributed by atoms with E-state index in [9.17, 15) is 0 Å². The van der Waals surface area contributed by atoms with Gasteiger partial charge in [-0.05, 0) is 48.9 Å². The van der Waals surface area contributed by atoms with Crippen LogP contribution >= 0.6 is 0 Å². The number of hydrogen-bond acceptors (Lipinski definition) is 5. The number of benzene rings is 1. The minimum atomic E-state index is 0.254. The molecule has 0 fully saturated rings. The average Bonchev–Trinajstić information content (AvgIpc) is 2.92. The van der Waals surface area contributed by atoms with E-state index < -0.39 is 0 Å². The molecule has 0 amide bonds. The molecule has 2 rings (SSSR count). The lowest BCUT2D eigenvalue weighted by Gasteiger charge is -2.16. The third-order valence-corrected chi connectivity index (χ3v) is 2.79. The largest absolute Gasteiger partial charge is 0.380 e. The van der Waals surface area contributed by atoms with Crippen molar-refractivity contribution in [2.75, 3.05) is 18.5 Å². The number of nitrogens with one attached hydrogen (secondary N) is 1. The Hall–Kier alpha value is -1.95. The van der Waals surface area contributed by atoms with E-state index in [4.69, 9.17) is 4.74 Å². The van der Waals surface area contributed by atoms with Crippen LogP contribution in [0.1, 0.15) is 19.4 Å². The highest BCUT2D eigenvalue weighted by Gasteiger charge is 2.06. The van der Waals surface area contributed by atoms with Gasteiger partial charge in [0, 0.05) is 18.3 Å². The van der Waals surface area contributed by atoms with Crippen LogP contribution in [0.4, 0.5) is 5.69 Å². The van der Waals surface area contributed by atoms with Crippen molar-refractivity contribution in [1.29, 1.82) is 0 Å². The quantitative estimate of drug-likeness (QED) is 0.859. The minimum absolute atomic E-state index is 0.254. The Morgan fingerprint density at radius 1 is 1.42 bits per heavy atom. The lowest BCUT2D eigenvalue weighted by molar-refractivity contribution is 0.141. The lowest BCUT2D eigenvalue weighted by atomic mass is 10.1. The molecular formula is C13H19N5O. The smallest absolute Gasteiger partial charge is 0.143 e. The maximum absolute atomic E-state index is 5.39. The van der Waals surface area contributed by atoms with E-state index in [0.29, 0.717) is 6.61 Å². The van der Waals surface area contributed by atoms with Crippen molar-refractivity contribution >= 4 is 5.69 Å². The maximum Gasteiger partial charge on any atom is 0.143 e. The van der Waals surface area contributed by atoms with Gasteiger partial charge in [-0.3, -0.25) is 0 Å². The molecule has 1 aromatic carbocycles. The first-order chi connectivity index (χ1) is 9.20. The standard InChI is InChI=1S/C13H19N5O/c1-4-19-8-11(3)15-12-6-5-10(2)13(7-12)18-9-14-16-17-18/h5-7,9,11,15H,4,8H2,1-3H3. The van der Waals surface area contributed by atoms with Crippen molar-refractivity contribution in [3.63, 3.8) is 0 Å². The van der Waals surface area contributed by atoms with Gasteiger partial charge in [0.15, 0.2) is 0 Å². The minimum Gasteiger partial charge on any atom is -0.380 e. The van der Waals surface area contributed by atoms with Crippen molar-refractivity contribution in [3.8, 4) is 5.69 Å². The summed E-state index contributed by atoms with van der Waals surface area (Å²) in [4.78, 5) is 0. The van der Waals surface area contributed by atoms with Gasteiger partial charge in [-0.1, -0.05) is 6.07 Å². The molecular weight excluding hydrogens is 242 g/mol. The zero-order chi connectivity index (χ0) is 13.7. The number of tetrazole rings is 1. The molecule has 1 aromatic heterocycles. The third kappa shape index (κ3) is 3.51. The van der Waals surface area contributed by atoms with Gasteiger partial charge < -0.3 is 10.1 Å². The van der Waals surface area contributed by atoms with Gasteiger partial charge in [0.2, 0.25) is 0 Å². The summed E-state index contributed by atoms with van der Waals surface area (Å²) in [6.07, 6.45) is 1.59. The fraction of sp³-hybridized carbons (Fsp3) is 0.462. The second kappa shape index (κ2) is 6.29. The first kappa shape index (κ1) is 13.5. The zero-order valence-electron chi connectivity index (χ0n) is 11.5. The molecule has 6 nitrogen and oxygen atoms in total. The van der Waals surface area contributed by atoms with Gasteiger partial charge in [0.05, 0.1) is 12.3 Å². The highest BCUT2D eigenvalue weighted by atomic mass is 16.5. The average molecular weight is 261 g/mol. The number of anilines is 1. The summed E-state index contributed by atoms with van der Waals surface area (Å²) in [5.74, 6) is 0. The summed E-state index contributed by atoms with van der Waals surface area (Å²) in [5.41, 5.74) is 3.12. The third-order valence-electron chi connectivity index (χ3n) is 2.79. The van der Waals surface area contributed by atoms with Crippen LogP contribution in [0, 0.1) is 6.92 Å². The normalized spacial score (nSPS) is 12.4. The van der Waals surface area contributed by atoms with Crippen LogP contribution in [-0.4, -0.2) is 39.5 Å². The molecule has 0 saturated heterocycles. The second-order valence-electron chi connectivity index (χ2n) is 4.46. The van der Waals surface area contributed by atoms with Gasteiger partial charge in [0.1, 0.15) is 6.33 Å². The van der Waals surface area contributed by atoms with E-state index in [1.165, 1.54) is 0 Å². The predicted molar refractivity (Wildman–Crippen MR) is 73.5 cm³/mol. The summed E-state index contributed by atoms with van der Waals surface area (Å²) in [5, 5.41) is 14.6. The van der Waals surface area contributed by atoms with Crippen molar-refractivity contribution in [2.24, 2.45) is 0 Å². The summed E-state index contributed by atoms with van der Waals surface area (Å²) in [6, 6.07) is 6.39. The van der Waals surface area contributed by atoms with E-state index >= 15 is 0 Å². The van der Waals surface area contributed by atoms with Crippen molar-refractivity contribution in [3.05, 3.63) is 30.1 Å². The molecule has 6 heteroatoms. The predicted octanol–water partition coefficient (Wildman–Crippen LogP) is 1.81. The molecule has 0 aliphatic rings. The number of rotatable bonds is 6. The number of aryl methyl sites for hydroxylation is 1. The Bertz CT molecular complexity index is 512. The first-order valence-corrected chi connectivity index (χ1v) is 6.39. The fourth-order valence-electron chi connectivity index (χ4n) is 1.84. The van der Waals surface area contributed by atoms with E-state index in [0.717, 1.165) is 23.5 Å².